The fourth-order valence-electron chi connectivity index (χ4n) is 3.25. The molecule has 0 aliphatic carbocycles. The van der Waals surface area contributed by atoms with Gasteiger partial charge in [-0.05, 0) is 17.7 Å². The highest BCUT2D eigenvalue weighted by atomic mass is 16.5. The van der Waals surface area contributed by atoms with E-state index in [9.17, 15) is 14.4 Å². The lowest BCUT2D eigenvalue weighted by Gasteiger charge is -2.38. The Balaban J connectivity index is 1.97. The first-order valence-electron chi connectivity index (χ1n) is 8.00. The van der Waals surface area contributed by atoms with E-state index in [1.165, 1.54) is 12.0 Å². The minimum Gasteiger partial charge on any atom is -0.466 e. The van der Waals surface area contributed by atoms with Crippen molar-refractivity contribution < 1.29 is 19.1 Å². The molecule has 3 amide bonds. The van der Waals surface area contributed by atoms with E-state index in [0.717, 1.165) is 0 Å². The molecule has 7 nitrogen and oxygen atoms in total. The van der Waals surface area contributed by atoms with Crippen molar-refractivity contribution in [1.82, 2.24) is 5.32 Å². The second kappa shape index (κ2) is 6.03. The van der Waals surface area contributed by atoms with Gasteiger partial charge in [0.05, 0.1) is 30.1 Å². The predicted molar refractivity (Wildman–Crippen MR) is 94.3 cm³/mol. The smallest absolute Gasteiger partial charge is 0.338 e. The van der Waals surface area contributed by atoms with Gasteiger partial charge in [0, 0.05) is 0 Å². The summed E-state index contributed by atoms with van der Waals surface area (Å²) in [6.45, 7) is 0. The van der Waals surface area contributed by atoms with Gasteiger partial charge in [-0.3, -0.25) is 9.69 Å². The maximum atomic E-state index is 12.8. The molecule has 0 fully saturated rings. The first kappa shape index (κ1) is 15.9. The molecule has 0 bridgehead atoms. The van der Waals surface area contributed by atoms with Crippen molar-refractivity contribution in [3.05, 3.63) is 71.4 Å². The van der Waals surface area contributed by atoms with Crippen LogP contribution in [0.4, 0.5) is 16.2 Å². The Morgan fingerprint density at radius 3 is 2.46 bits per heavy atom. The van der Waals surface area contributed by atoms with Crippen LogP contribution < -0.4 is 15.5 Å². The molecule has 2 aliphatic heterocycles. The highest BCUT2D eigenvalue weighted by Crippen LogP contribution is 2.40. The first-order valence-corrected chi connectivity index (χ1v) is 8.00. The molecule has 26 heavy (non-hydrogen) atoms. The van der Waals surface area contributed by atoms with Gasteiger partial charge >= 0.3 is 12.0 Å². The highest BCUT2D eigenvalue weighted by molar-refractivity contribution is 6.23. The molecule has 0 spiro atoms. The first-order chi connectivity index (χ1) is 12.6. The average Bonchev–Trinajstić information content (AvgIpc) is 2.68. The summed E-state index contributed by atoms with van der Waals surface area (Å²) in [6, 6.07) is 14.6. The van der Waals surface area contributed by atoms with E-state index < -0.39 is 23.9 Å². The summed E-state index contributed by atoms with van der Waals surface area (Å²) in [5.74, 6) is -1.20. The maximum absolute atomic E-state index is 12.8. The molecule has 0 unspecified atom stereocenters. The van der Waals surface area contributed by atoms with Crippen LogP contribution in [-0.2, 0) is 14.3 Å². The normalized spacial score (nSPS) is 18.5. The average molecular weight is 349 g/mol. The minimum atomic E-state index is -0.779. The van der Waals surface area contributed by atoms with Crippen LogP contribution in [-0.4, -0.2) is 25.0 Å². The van der Waals surface area contributed by atoms with Crippen LogP contribution in [0.2, 0.25) is 0 Å². The van der Waals surface area contributed by atoms with Crippen LogP contribution in [0.1, 0.15) is 11.6 Å². The van der Waals surface area contributed by atoms with Gasteiger partial charge in [-0.15, -0.1) is 0 Å². The lowest BCUT2D eigenvalue weighted by atomic mass is 9.93. The zero-order valence-electron chi connectivity index (χ0n) is 13.9. The Morgan fingerprint density at radius 1 is 1.04 bits per heavy atom. The van der Waals surface area contributed by atoms with Gasteiger partial charge < -0.3 is 15.4 Å². The molecule has 2 aromatic carbocycles. The standard InChI is InChI=1S/C19H15N3O4/c1-26-18(24)14-15(11-7-3-2-4-8-11)21-19(25)22-13-10-6-5-9-12(13)20-17(23)16(14)22/h2-10,15H,1H3,(H,20,23)(H,21,25)/t15-/m0/s1. The zero-order chi connectivity index (χ0) is 18.3. The highest BCUT2D eigenvalue weighted by Gasteiger charge is 2.44. The number of methoxy groups -OCH3 is 1. The molecular weight excluding hydrogens is 334 g/mol. The number of nitrogens with one attached hydrogen (secondary N) is 2. The molecule has 2 aromatic rings. The van der Waals surface area contributed by atoms with Crippen molar-refractivity contribution in [2.45, 2.75) is 6.04 Å². The number of para-hydroxylation sites is 2. The largest absolute Gasteiger partial charge is 0.466 e. The lowest BCUT2D eigenvalue weighted by Crippen LogP contribution is -2.53. The number of carbonyl (C=O) groups is 3. The molecule has 0 saturated heterocycles. The number of rotatable bonds is 2. The van der Waals surface area contributed by atoms with Crippen molar-refractivity contribution >= 4 is 29.3 Å². The number of anilines is 2. The van der Waals surface area contributed by atoms with Crippen LogP contribution in [0.5, 0.6) is 0 Å². The molecule has 2 aliphatic rings. The number of hydrogen-bond donors (Lipinski definition) is 2. The van der Waals surface area contributed by atoms with Crippen LogP contribution in [0, 0.1) is 0 Å². The van der Waals surface area contributed by atoms with Gasteiger partial charge in [0.2, 0.25) is 0 Å². The molecule has 0 radical (unpaired) electrons. The van der Waals surface area contributed by atoms with E-state index in [1.807, 2.05) is 6.07 Å². The minimum absolute atomic E-state index is 0.0202. The number of benzene rings is 2. The monoisotopic (exact) mass is 349 g/mol. The Hall–Kier alpha value is -3.61. The Bertz CT molecular complexity index is 952. The zero-order valence-corrected chi connectivity index (χ0v) is 13.9. The van der Waals surface area contributed by atoms with Gasteiger partial charge in [0.1, 0.15) is 5.70 Å². The van der Waals surface area contributed by atoms with Crippen LogP contribution in [0.15, 0.2) is 65.9 Å². The van der Waals surface area contributed by atoms with Crippen molar-refractivity contribution in [3.8, 4) is 0 Å². The number of ether oxygens (including phenoxy) is 1. The van der Waals surface area contributed by atoms with Crippen LogP contribution in [0.25, 0.3) is 0 Å². The van der Waals surface area contributed by atoms with Gasteiger partial charge in [-0.25, -0.2) is 9.59 Å². The molecular formula is C19H15N3O4. The summed E-state index contributed by atoms with van der Waals surface area (Å²) < 4.78 is 4.91. The Kier molecular flexibility index (Phi) is 3.69. The van der Waals surface area contributed by atoms with Crippen LogP contribution in [0.3, 0.4) is 0 Å². The number of urea groups is 1. The fraction of sp³-hybridized carbons (Fsp3) is 0.105. The van der Waals surface area contributed by atoms with Crippen molar-refractivity contribution in [2.24, 2.45) is 0 Å². The van der Waals surface area contributed by atoms with E-state index in [4.69, 9.17) is 4.74 Å². The number of carbonyl (C=O) groups excluding carboxylic acids is 3. The molecule has 0 saturated carbocycles. The number of hydrogen-bond acceptors (Lipinski definition) is 4. The number of esters is 1. The molecule has 130 valence electrons. The van der Waals surface area contributed by atoms with Crippen molar-refractivity contribution in [2.75, 3.05) is 17.3 Å². The van der Waals surface area contributed by atoms with E-state index in [0.29, 0.717) is 16.9 Å². The molecule has 1 atom stereocenters. The van der Waals surface area contributed by atoms with Gasteiger partial charge in [-0.2, -0.15) is 0 Å². The topological polar surface area (TPSA) is 87.7 Å². The third-order valence-electron chi connectivity index (χ3n) is 4.38. The molecule has 2 heterocycles. The maximum Gasteiger partial charge on any atom is 0.338 e. The van der Waals surface area contributed by atoms with Gasteiger partial charge in [0.25, 0.3) is 5.91 Å². The van der Waals surface area contributed by atoms with Crippen LogP contribution >= 0.6 is 0 Å². The second-order valence-electron chi connectivity index (χ2n) is 5.85. The van der Waals surface area contributed by atoms with Gasteiger partial charge in [-0.1, -0.05) is 42.5 Å². The summed E-state index contributed by atoms with van der Waals surface area (Å²) >= 11 is 0. The van der Waals surface area contributed by atoms with E-state index in [-0.39, 0.29) is 11.3 Å². The van der Waals surface area contributed by atoms with Gasteiger partial charge in [0.15, 0.2) is 0 Å². The molecule has 7 heteroatoms. The van der Waals surface area contributed by atoms with Crippen molar-refractivity contribution in [3.63, 3.8) is 0 Å². The van der Waals surface area contributed by atoms with E-state index in [2.05, 4.69) is 10.6 Å². The SMILES string of the molecule is COC(=O)C1=C2C(=O)Nc3ccccc3N2C(=O)N[C@H]1c1ccccc1. The summed E-state index contributed by atoms with van der Waals surface area (Å²) in [5, 5.41) is 5.54. The number of nitrogens with zero attached hydrogens (tertiary/aromatic N) is 1. The van der Waals surface area contributed by atoms with E-state index >= 15 is 0 Å². The summed E-state index contributed by atoms with van der Waals surface area (Å²) in [5.41, 5.74) is 1.74. The third-order valence-corrected chi connectivity index (χ3v) is 4.38. The lowest BCUT2D eigenvalue weighted by molar-refractivity contribution is -0.137. The molecule has 4 rings (SSSR count). The van der Waals surface area contributed by atoms with E-state index in [1.54, 1.807) is 48.5 Å². The third kappa shape index (κ3) is 2.33. The number of amides is 3. The summed E-state index contributed by atoms with van der Waals surface area (Å²) in [6.07, 6.45) is 0. The summed E-state index contributed by atoms with van der Waals surface area (Å²) in [4.78, 5) is 39.3. The quantitative estimate of drug-likeness (QED) is 0.815. The Labute approximate surface area is 149 Å². The fourth-order valence-corrected chi connectivity index (χ4v) is 3.25. The predicted octanol–water partition coefficient (Wildman–Crippen LogP) is 2.34. The Morgan fingerprint density at radius 2 is 1.73 bits per heavy atom. The summed E-state index contributed by atoms with van der Waals surface area (Å²) in [7, 11) is 1.24. The van der Waals surface area contributed by atoms with Crippen molar-refractivity contribution in [1.29, 1.82) is 0 Å². The second-order valence-corrected chi connectivity index (χ2v) is 5.85. The number of fused-ring (bicyclic) bond motifs is 3. The molecule has 0 aromatic heterocycles. The molecule has 2 N–H and O–H groups in total.